The third-order valence-electron chi connectivity index (χ3n) is 2.32. The Balaban J connectivity index is 2.21. The topological polar surface area (TPSA) is 153 Å². The fourth-order valence-corrected chi connectivity index (χ4v) is 1.96. The van der Waals surface area contributed by atoms with Crippen LogP contribution < -0.4 is 21.1 Å². The van der Waals surface area contributed by atoms with Gasteiger partial charge in [0.15, 0.2) is 11.2 Å². The molecule has 0 saturated carbocycles. The van der Waals surface area contributed by atoms with Crippen molar-refractivity contribution in [2.75, 3.05) is 5.73 Å². The molecule has 2 rings (SSSR count). The summed E-state index contributed by atoms with van der Waals surface area (Å²) in [6.07, 6.45) is 2.92. The van der Waals surface area contributed by atoms with Crippen LogP contribution in [0.15, 0.2) is 23.0 Å². The van der Waals surface area contributed by atoms with Crippen molar-refractivity contribution >= 4 is 24.7 Å². The molecule has 2 aromatic rings. The van der Waals surface area contributed by atoms with Gasteiger partial charge < -0.3 is 24.7 Å². The minimum Gasteiger partial charge on any atom is -0.808 e. The van der Waals surface area contributed by atoms with Crippen molar-refractivity contribution in [3.05, 3.63) is 28.6 Å². The number of fused-ring (bicyclic) bond motifs is 1. The van der Waals surface area contributed by atoms with Gasteiger partial charge in [-0.3, -0.25) is 9.78 Å². The van der Waals surface area contributed by atoms with Gasteiger partial charge in [0.05, 0.1) is 6.33 Å². The molecule has 0 aromatic carbocycles. The van der Waals surface area contributed by atoms with Gasteiger partial charge >= 0.3 is 0 Å². The Morgan fingerprint density at radius 3 is 2.95 bits per heavy atom. The lowest BCUT2D eigenvalue weighted by atomic mass is 10.4. The Bertz CT molecular complexity index is 728. The Kier molecular flexibility index (Phi) is 3.52. The molecule has 0 unspecified atom stereocenters. The normalized spacial score (nSPS) is 12.5. The average Bonchev–Trinajstić information content (AvgIpc) is 2.66. The molecular weight excluding hydrogens is 273 g/mol. The van der Waals surface area contributed by atoms with Crippen molar-refractivity contribution in [3.8, 4) is 0 Å². The molecular formula is C9H10N5O4P-2. The highest BCUT2D eigenvalue weighted by molar-refractivity contribution is 7.52. The fraction of sp³-hybridized carbons (Fsp3) is 0.222. The van der Waals surface area contributed by atoms with Crippen molar-refractivity contribution < 1.29 is 14.4 Å². The van der Waals surface area contributed by atoms with E-state index < -0.39 is 13.2 Å². The van der Waals surface area contributed by atoms with E-state index in [1.54, 1.807) is 4.57 Å². The summed E-state index contributed by atoms with van der Waals surface area (Å²) in [5.74, 6) is 0.583. The number of aromatic nitrogens is 4. The summed E-state index contributed by atoms with van der Waals surface area (Å²) in [6, 6.07) is 0. The average molecular weight is 283 g/mol. The van der Waals surface area contributed by atoms with Crippen molar-refractivity contribution in [2.45, 2.75) is 13.0 Å². The number of imidazole rings is 1. The molecule has 0 fully saturated rings. The molecule has 0 spiro atoms. The monoisotopic (exact) mass is 283 g/mol. The minimum absolute atomic E-state index is 0.0293. The molecule has 9 nitrogen and oxygen atoms in total. The molecule has 10 heteroatoms. The molecule has 0 aliphatic carbocycles. The van der Waals surface area contributed by atoms with Crippen molar-refractivity contribution in [2.24, 2.45) is 0 Å². The van der Waals surface area contributed by atoms with E-state index in [-0.39, 0.29) is 17.9 Å². The second-order valence-electron chi connectivity index (χ2n) is 3.77. The number of allylic oxidation sites excluding steroid dienone is 1. The first-order valence-electron chi connectivity index (χ1n) is 5.27. The number of aromatic amines is 1. The van der Waals surface area contributed by atoms with E-state index in [0.29, 0.717) is 18.0 Å². The van der Waals surface area contributed by atoms with Crippen LogP contribution in [0.25, 0.3) is 11.2 Å². The Morgan fingerprint density at radius 1 is 1.53 bits per heavy atom. The van der Waals surface area contributed by atoms with Gasteiger partial charge in [0.1, 0.15) is 0 Å². The zero-order valence-corrected chi connectivity index (χ0v) is 10.5. The number of rotatable bonds is 4. The van der Waals surface area contributed by atoms with E-state index in [0.717, 1.165) is 0 Å². The first-order valence-corrected chi connectivity index (χ1v) is 6.88. The quantitative estimate of drug-likeness (QED) is 0.648. The van der Waals surface area contributed by atoms with Crippen LogP contribution in [-0.4, -0.2) is 19.5 Å². The molecule has 0 aliphatic rings. The first kappa shape index (κ1) is 13.5. The molecule has 2 heterocycles. The van der Waals surface area contributed by atoms with E-state index in [1.165, 1.54) is 12.4 Å². The summed E-state index contributed by atoms with van der Waals surface area (Å²) in [6.45, 7) is 0.322. The number of hydrogen-bond donors (Lipinski definition) is 2. The molecule has 0 amide bonds. The number of anilines is 1. The summed E-state index contributed by atoms with van der Waals surface area (Å²) < 4.78 is 11.9. The maximum atomic E-state index is 11.5. The SMILES string of the molecule is Nc1nc2c(ncn2CC/C=C/P(=O)([O-])[O-])c(=O)[nH]1. The van der Waals surface area contributed by atoms with Crippen molar-refractivity contribution in [1.29, 1.82) is 0 Å². The van der Waals surface area contributed by atoms with Crippen LogP contribution in [0, 0.1) is 0 Å². The van der Waals surface area contributed by atoms with E-state index in [2.05, 4.69) is 15.0 Å². The molecule has 2 aromatic heterocycles. The van der Waals surface area contributed by atoms with E-state index in [9.17, 15) is 19.1 Å². The zero-order valence-electron chi connectivity index (χ0n) is 9.65. The van der Waals surface area contributed by atoms with Crippen LogP contribution in [0.2, 0.25) is 0 Å². The molecule has 3 N–H and O–H groups in total. The summed E-state index contributed by atoms with van der Waals surface area (Å²) in [5.41, 5.74) is 5.44. The maximum absolute atomic E-state index is 11.5. The third-order valence-corrected chi connectivity index (χ3v) is 2.89. The van der Waals surface area contributed by atoms with Crippen molar-refractivity contribution in [3.63, 3.8) is 0 Å². The van der Waals surface area contributed by atoms with Gasteiger partial charge in [0, 0.05) is 6.54 Å². The highest BCUT2D eigenvalue weighted by atomic mass is 31.2. The largest absolute Gasteiger partial charge is 0.808 e. The summed E-state index contributed by atoms with van der Waals surface area (Å²) in [7, 11) is -4.63. The highest BCUT2D eigenvalue weighted by Gasteiger charge is 2.08. The second-order valence-corrected chi connectivity index (χ2v) is 5.15. The summed E-state index contributed by atoms with van der Waals surface area (Å²) in [5, 5.41) is 0. The molecule has 0 bridgehead atoms. The van der Waals surface area contributed by atoms with Gasteiger partial charge in [0.25, 0.3) is 5.56 Å². The van der Waals surface area contributed by atoms with Crippen LogP contribution in [0.4, 0.5) is 5.95 Å². The lowest BCUT2D eigenvalue weighted by Crippen LogP contribution is -2.12. The number of H-pyrrole nitrogens is 1. The van der Waals surface area contributed by atoms with Gasteiger partial charge in [-0.1, -0.05) is 11.9 Å². The van der Waals surface area contributed by atoms with Gasteiger partial charge in [-0.25, -0.2) is 4.98 Å². The maximum Gasteiger partial charge on any atom is 0.280 e. The number of hydrogen-bond acceptors (Lipinski definition) is 7. The Labute approximate surface area is 107 Å². The van der Waals surface area contributed by atoms with E-state index >= 15 is 0 Å². The lowest BCUT2D eigenvalue weighted by molar-refractivity contribution is -0.308. The molecule has 19 heavy (non-hydrogen) atoms. The Morgan fingerprint density at radius 2 is 2.26 bits per heavy atom. The molecule has 102 valence electrons. The summed E-state index contributed by atoms with van der Waals surface area (Å²) >= 11 is 0. The predicted molar refractivity (Wildman–Crippen MR) is 63.9 cm³/mol. The first-order chi connectivity index (χ1) is 8.87. The Hall–Kier alpha value is -1.96. The summed E-state index contributed by atoms with van der Waals surface area (Å²) in [4.78, 5) is 42.4. The van der Waals surface area contributed by atoms with Crippen LogP contribution in [0.1, 0.15) is 6.42 Å². The third kappa shape index (κ3) is 3.28. The van der Waals surface area contributed by atoms with Crippen LogP contribution in [0.3, 0.4) is 0 Å². The van der Waals surface area contributed by atoms with Crippen LogP contribution in [0.5, 0.6) is 0 Å². The fourth-order valence-electron chi connectivity index (χ4n) is 1.55. The van der Waals surface area contributed by atoms with Gasteiger partial charge in [-0.05, 0) is 14.0 Å². The van der Waals surface area contributed by atoms with Crippen LogP contribution in [-0.2, 0) is 11.1 Å². The van der Waals surface area contributed by atoms with E-state index in [4.69, 9.17) is 5.73 Å². The number of aryl methyl sites for hydroxylation is 1. The molecule has 0 aliphatic heterocycles. The van der Waals surface area contributed by atoms with Gasteiger partial charge in [0.2, 0.25) is 5.95 Å². The standard InChI is InChI=1S/C9H12N5O4P/c10-9-12-7-6(8(15)13-9)11-5-14(7)3-1-2-4-19(16,17)18/h2,4-5H,1,3H2,(H2,16,17,18)(H3,10,12,13,15)/p-2/b4-2+. The predicted octanol–water partition coefficient (Wildman–Crippen LogP) is -1.48. The number of nitrogens with zero attached hydrogens (tertiary/aromatic N) is 3. The lowest BCUT2D eigenvalue weighted by Gasteiger charge is -2.24. The smallest absolute Gasteiger partial charge is 0.280 e. The number of nitrogens with two attached hydrogens (primary N) is 1. The highest BCUT2D eigenvalue weighted by Crippen LogP contribution is 2.24. The molecule has 0 saturated heterocycles. The van der Waals surface area contributed by atoms with E-state index in [1.807, 2.05) is 0 Å². The van der Waals surface area contributed by atoms with Crippen LogP contribution >= 0.6 is 7.60 Å². The van der Waals surface area contributed by atoms with Gasteiger partial charge in [-0.15, -0.1) is 0 Å². The second kappa shape index (κ2) is 4.96. The molecule has 0 atom stereocenters. The number of nitrogen functional groups attached to an aromatic ring is 1. The number of nitrogens with one attached hydrogen (secondary N) is 1. The van der Waals surface area contributed by atoms with Gasteiger partial charge in [-0.2, -0.15) is 4.98 Å². The molecule has 0 radical (unpaired) electrons. The minimum atomic E-state index is -4.63. The zero-order chi connectivity index (χ0) is 14.0. The van der Waals surface area contributed by atoms with Crippen molar-refractivity contribution in [1.82, 2.24) is 19.5 Å².